The van der Waals surface area contributed by atoms with Gasteiger partial charge in [-0.25, -0.2) is 9.37 Å². The van der Waals surface area contributed by atoms with Gasteiger partial charge in [0.1, 0.15) is 5.75 Å². The number of halogens is 1. The van der Waals surface area contributed by atoms with Crippen LogP contribution in [0.15, 0.2) is 24.4 Å². The summed E-state index contributed by atoms with van der Waals surface area (Å²) in [4.78, 5) is 8.51. The number of tetrazole rings is 1. The Morgan fingerprint density at radius 1 is 1.18 bits per heavy atom. The summed E-state index contributed by atoms with van der Waals surface area (Å²) < 4.78 is 22.2. The molecule has 10 nitrogen and oxygen atoms in total. The second-order valence-electron chi connectivity index (χ2n) is 10.3. The molecule has 11 heteroatoms. The maximum atomic E-state index is 14.6. The number of benzene rings is 1. The van der Waals surface area contributed by atoms with E-state index in [9.17, 15) is 4.39 Å². The number of anilines is 3. The zero-order valence-electron chi connectivity index (χ0n) is 19.6. The molecule has 1 fully saturated rings. The van der Waals surface area contributed by atoms with Crippen LogP contribution in [-0.4, -0.2) is 47.3 Å². The fraction of sp³-hybridized carbons (Fsp3) is 0.500. The third kappa shape index (κ3) is 3.86. The molecule has 0 aliphatic carbocycles. The monoisotopic (exact) mass is 453 g/mol. The minimum Gasteiger partial charge on any atom is -0.466 e. The van der Waals surface area contributed by atoms with Gasteiger partial charge in [0.15, 0.2) is 17.5 Å². The summed E-state index contributed by atoms with van der Waals surface area (Å²) in [5, 5.41) is 22.0. The molecule has 33 heavy (non-hydrogen) atoms. The van der Waals surface area contributed by atoms with Crippen LogP contribution in [0, 0.1) is 5.82 Å². The summed E-state index contributed by atoms with van der Waals surface area (Å²) in [7, 11) is 0. The highest BCUT2D eigenvalue weighted by atomic mass is 19.1. The maximum absolute atomic E-state index is 14.6. The molecule has 0 saturated carbocycles. The highest BCUT2D eigenvalue weighted by Crippen LogP contribution is 2.40. The Morgan fingerprint density at radius 3 is 2.70 bits per heavy atom. The molecule has 0 bridgehead atoms. The van der Waals surface area contributed by atoms with Crippen molar-refractivity contribution in [2.45, 2.75) is 70.8 Å². The number of rotatable bonds is 4. The molecule has 2 aliphatic heterocycles. The first-order chi connectivity index (χ1) is 15.4. The first-order valence-corrected chi connectivity index (χ1v) is 10.9. The minimum atomic E-state index is -0.696. The molecule has 4 heterocycles. The Bertz CT molecular complexity index is 1220. The van der Waals surface area contributed by atoms with E-state index in [1.165, 1.54) is 6.20 Å². The normalized spacial score (nSPS) is 21.6. The maximum Gasteiger partial charge on any atom is 0.229 e. The molecule has 2 aromatic heterocycles. The number of ether oxygens (including phenoxy) is 1. The van der Waals surface area contributed by atoms with Crippen molar-refractivity contribution in [3.05, 3.63) is 30.2 Å². The average Bonchev–Trinajstić information content (AvgIpc) is 3.28. The summed E-state index contributed by atoms with van der Waals surface area (Å²) in [6, 6.07) is 5.56. The van der Waals surface area contributed by atoms with E-state index in [1.54, 1.807) is 4.68 Å². The van der Waals surface area contributed by atoms with Gasteiger partial charge < -0.3 is 20.7 Å². The highest BCUT2D eigenvalue weighted by molar-refractivity contribution is 5.72. The Balaban J connectivity index is 1.40. The lowest BCUT2D eigenvalue weighted by molar-refractivity contribution is 0.0120. The van der Waals surface area contributed by atoms with Crippen molar-refractivity contribution >= 4 is 17.5 Å². The Hall–Kier alpha value is -3.34. The lowest BCUT2D eigenvalue weighted by Crippen LogP contribution is -2.48. The molecule has 0 amide bonds. The first-order valence-electron chi connectivity index (χ1n) is 10.9. The Morgan fingerprint density at radius 2 is 1.97 bits per heavy atom. The fourth-order valence-electron chi connectivity index (χ4n) is 4.73. The third-order valence-electron chi connectivity index (χ3n) is 6.12. The van der Waals surface area contributed by atoms with Gasteiger partial charge in [0, 0.05) is 22.8 Å². The van der Waals surface area contributed by atoms with Gasteiger partial charge in [0.25, 0.3) is 0 Å². The average molecular weight is 454 g/mol. The van der Waals surface area contributed by atoms with Crippen LogP contribution in [0.4, 0.5) is 21.8 Å². The van der Waals surface area contributed by atoms with Crippen molar-refractivity contribution in [3.63, 3.8) is 0 Å². The molecule has 0 radical (unpaired) electrons. The van der Waals surface area contributed by atoms with Crippen molar-refractivity contribution in [2.24, 2.45) is 0 Å². The second kappa shape index (κ2) is 7.08. The Kier molecular flexibility index (Phi) is 4.61. The summed E-state index contributed by atoms with van der Waals surface area (Å²) in [6.45, 7) is 12.3. The summed E-state index contributed by atoms with van der Waals surface area (Å²) in [5.74, 6) is 1.22. The molecule has 1 unspecified atom stereocenters. The van der Waals surface area contributed by atoms with Crippen molar-refractivity contribution in [3.8, 4) is 17.1 Å². The van der Waals surface area contributed by atoms with Gasteiger partial charge in [-0.1, -0.05) is 0 Å². The number of hydrogen-bond acceptors (Lipinski definition) is 9. The van der Waals surface area contributed by atoms with Crippen molar-refractivity contribution in [1.82, 2.24) is 35.5 Å². The summed E-state index contributed by atoms with van der Waals surface area (Å²) in [5.41, 5.74) is 0.476. The SMILES string of the molecule is CC1(C)CC(Nc2nc(Nc3ccc4c(c3)-c3nnnn3C(C)(C)O4)ncc2F)C(C)(C)N1. The van der Waals surface area contributed by atoms with E-state index in [1.807, 2.05) is 32.0 Å². The minimum absolute atomic E-state index is 0.00728. The van der Waals surface area contributed by atoms with Crippen LogP contribution in [0.5, 0.6) is 5.75 Å². The van der Waals surface area contributed by atoms with Crippen LogP contribution in [0.2, 0.25) is 0 Å². The predicted octanol–water partition coefficient (Wildman–Crippen LogP) is 3.43. The molecule has 1 aromatic carbocycles. The van der Waals surface area contributed by atoms with Gasteiger partial charge in [0.05, 0.1) is 11.8 Å². The quantitative estimate of drug-likeness (QED) is 0.546. The molecule has 3 aromatic rings. The Labute approximate surface area is 191 Å². The molecule has 1 saturated heterocycles. The number of fused-ring (bicyclic) bond motifs is 3. The van der Waals surface area contributed by atoms with Gasteiger partial charge in [-0.3, -0.25) is 0 Å². The van der Waals surface area contributed by atoms with Crippen LogP contribution < -0.4 is 20.7 Å². The van der Waals surface area contributed by atoms with Gasteiger partial charge in [-0.05, 0) is 76.6 Å². The fourth-order valence-corrected chi connectivity index (χ4v) is 4.73. The van der Waals surface area contributed by atoms with E-state index in [2.05, 4.69) is 69.1 Å². The van der Waals surface area contributed by atoms with Gasteiger partial charge in [0.2, 0.25) is 11.7 Å². The zero-order valence-corrected chi connectivity index (χ0v) is 19.6. The highest BCUT2D eigenvalue weighted by Gasteiger charge is 2.44. The molecule has 174 valence electrons. The second-order valence-corrected chi connectivity index (χ2v) is 10.3. The standard InChI is InChI=1S/C22H28FN9O/c1-20(2)10-16(21(3,4)29-20)26-17-14(23)11-24-19(27-17)25-12-7-8-15-13(9-12)18-28-30-31-32(18)22(5,6)33-15/h7-9,11,16,29H,10H2,1-6H3,(H2,24,25,26,27). The van der Waals surface area contributed by atoms with Gasteiger partial charge in [-0.15, -0.1) is 5.10 Å². The lowest BCUT2D eigenvalue weighted by atomic mass is 9.94. The topological polar surface area (TPSA) is 115 Å². The van der Waals surface area contributed by atoms with Crippen molar-refractivity contribution in [1.29, 1.82) is 0 Å². The van der Waals surface area contributed by atoms with E-state index in [-0.39, 0.29) is 28.9 Å². The third-order valence-corrected chi connectivity index (χ3v) is 6.12. The molecular formula is C22H28FN9O. The molecule has 5 rings (SSSR count). The van der Waals surface area contributed by atoms with Crippen LogP contribution in [0.1, 0.15) is 48.0 Å². The largest absolute Gasteiger partial charge is 0.466 e. The lowest BCUT2D eigenvalue weighted by Gasteiger charge is -2.32. The first kappa shape index (κ1) is 21.5. The number of hydrogen-bond donors (Lipinski definition) is 3. The van der Waals surface area contributed by atoms with Gasteiger partial charge >= 0.3 is 0 Å². The van der Waals surface area contributed by atoms with Crippen LogP contribution >= 0.6 is 0 Å². The summed E-state index contributed by atoms with van der Waals surface area (Å²) in [6.07, 6.45) is 2.00. The van der Waals surface area contributed by atoms with Crippen LogP contribution in [-0.2, 0) is 5.72 Å². The van der Waals surface area contributed by atoms with E-state index in [0.717, 1.165) is 12.0 Å². The number of nitrogens with zero attached hydrogens (tertiary/aromatic N) is 6. The summed E-state index contributed by atoms with van der Waals surface area (Å²) >= 11 is 0. The van der Waals surface area contributed by atoms with Crippen molar-refractivity contribution in [2.75, 3.05) is 10.6 Å². The number of nitrogens with one attached hydrogen (secondary N) is 3. The predicted molar refractivity (Wildman–Crippen MR) is 122 cm³/mol. The van der Waals surface area contributed by atoms with E-state index < -0.39 is 11.5 Å². The van der Waals surface area contributed by atoms with Crippen molar-refractivity contribution < 1.29 is 9.13 Å². The molecule has 1 atom stereocenters. The molecule has 0 spiro atoms. The van der Waals surface area contributed by atoms with E-state index in [0.29, 0.717) is 17.3 Å². The van der Waals surface area contributed by atoms with Crippen LogP contribution in [0.25, 0.3) is 11.4 Å². The smallest absolute Gasteiger partial charge is 0.229 e. The van der Waals surface area contributed by atoms with E-state index >= 15 is 0 Å². The molecular weight excluding hydrogens is 425 g/mol. The van der Waals surface area contributed by atoms with E-state index in [4.69, 9.17) is 4.74 Å². The van der Waals surface area contributed by atoms with Gasteiger partial charge in [-0.2, -0.15) is 9.67 Å². The molecule has 2 aliphatic rings. The molecule has 3 N–H and O–H groups in total. The number of aromatic nitrogens is 6. The zero-order chi connectivity index (χ0) is 23.6. The van der Waals surface area contributed by atoms with Crippen LogP contribution in [0.3, 0.4) is 0 Å².